The first-order valence-electron chi connectivity index (χ1n) is 8.72. The molecule has 1 saturated carbocycles. The number of hydrogen-bond acceptors (Lipinski definition) is 7. The first-order chi connectivity index (χ1) is 13.4. The lowest BCUT2D eigenvalue weighted by molar-refractivity contribution is 0.499. The summed E-state index contributed by atoms with van der Waals surface area (Å²) in [4.78, 5) is 4.14. The number of aryl methyl sites for hydroxylation is 1. The maximum atomic E-state index is 13.0. The van der Waals surface area contributed by atoms with Gasteiger partial charge in [0, 0.05) is 19.2 Å². The average molecular weight is 398 g/mol. The van der Waals surface area contributed by atoms with Gasteiger partial charge < -0.3 is 14.2 Å². The molecule has 1 aliphatic carbocycles. The van der Waals surface area contributed by atoms with Gasteiger partial charge in [-0.05, 0) is 31.9 Å². The van der Waals surface area contributed by atoms with Gasteiger partial charge in [-0.2, -0.15) is 10.2 Å². The van der Waals surface area contributed by atoms with E-state index in [9.17, 15) is 13.7 Å². The van der Waals surface area contributed by atoms with Crippen LogP contribution in [0.25, 0.3) is 11.7 Å². The van der Waals surface area contributed by atoms with Gasteiger partial charge in [0.05, 0.1) is 5.69 Å². The lowest BCUT2D eigenvalue weighted by atomic mass is 10.3. The fourth-order valence-corrected chi connectivity index (χ4v) is 4.12. The third-order valence-corrected chi connectivity index (χ3v) is 6.38. The molecule has 0 radical (unpaired) electrons. The lowest BCUT2D eigenvalue weighted by Gasteiger charge is -2.18. The second-order valence-corrected chi connectivity index (χ2v) is 8.50. The largest absolute Gasteiger partial charge is 0.455 e. The first kappa shape index (κ1) is 18.1. The molecule has 144 valence electrons. The Morgan fingerprint density at radius 2 is 1.96 bits per heavy atom. The first-order valence-corrected chi connectivity index (χ1v) is 10.2. The van der Waals surface area contributed by atoms with E-state index in [-0.39, 0.29) is 39.9 Å². The number of nitrogens with zero attached hydrogens (tertiary/aromatic N) is 3. The lowest BCUT2D eigenvalue weighted by Crippen LogP contribution is -2.26. The number of nitrogens with one attached hydrogen (secondary N) is 1. The van der Waals surface area contributed by atoms with Crippen LogP contribution in [0.2, 0.25) is 0 Å². The maximum absolute atomic E-state index is 13.0. The van der Waals surface area contributed by atoms with Gasteiger partial charge in [-0.1, -0.05) is 18.2 Å². The van der Waals surface area contributed by atoms with Crippen LogP contribution in [-0.2, 0) is 10.0 Å². The molecule has 0 unspecified atom stereocenters. The van der Waals surface area contributed by atoms with Crippen molar-refractivity contribution >= 4 is 21.6 Å². The number of benzene rings is 1. The van der Waals surface area contributed by atoms with Crippen LogP contribution < -0.4 is 9.62 Å². The van der Waals surface area contributed by atoms with Crippen molar-refractivity contribution in [3.05, 3.63) is 47.9 Å². The summed E-state index contributed by atoms with van der Waals surface area (Å²) in [6, 6.07) is 12.4. The van der Waals surface area contributed by atoms with E-state index in [0.717, 1.165) is 12.8 Å². The molecule has 0 saturated heterocycles. The van der Waals surface area contributed by atoms with E-state index in [1.165, 1.54) is 17.4 Å². The number of hydrogen-bond donors (Lipinski definition) is 1. The SMILES string of the molecule is Cc1oc(-c2nc(C#N)c(NC3CC3)o2)cc1S(=O)(=O)N(C)c1ccccc1. The highest BCUT2D eigenvalue weighted by atomic mass is 32.2. The Kier molecular flexibility index (Phi) is 4.35. The van der Waals surface area contributed by atoms with E-state index >= 15 is 0 Å². The zero-order valence-electron chi connectivity index (χ0n) is 15.3. The fraction of sp³-hybridized carbons (Fsp3) is 0.263. The number of sulfonamides is 1. The molecule has 8 nitrogen and oxygen atoms in total. The normalized spacial score (nSPS) is 13.9. The summed E-state index contributed by atoms with van der Waals surface area (Å²) in [5, 5.41) is 12.4. The molecule has 2 heterocycles. The number of para-hydroxylation sites is 1. The molecule has 1 fully saturated rings. The van der Waals surface area contributed by atoms with Crippen LogP contribution in [0.4, 0.5) is 11.6 Å². The van der Waals surface area contributed by atoms with Crippen LogP contribution in [0, 0.1) is 18.3 Å². The maximum Gasteiger partial charge on any atom is 0.267 e. The quantitative estimate of drug-likeness (QED) is 0.676. The molecule has 0 aliphatic heterocycles. The third-order valence-electron chi connectivity index (χ3n) is 4.49. The number of rotatable bonds is 6. The predicted octanol–water partition coefficient (Wildman–Crippen LogP) is 3.51. The van der Waals surface area contributed by atoms with Crippen LogP contribution in [0.15, 0.2) is 50.1 Å². The summed E-state index contributed by atoms with van der Waals surface area (Å²) >= 11 is 0. The number of furan rings is 1. The zero-order chi connectivity index (χ0) is 19.9. The van der Waals surface area contributed by atoms with Crippen molar-refractivity contribution in [2.45, 2.75) is 30.7 Å². The molecule has 1 aromatic carbocycles. The summed E-state index contributed by atoms with van der Waals surface area (Å²) < 4.78 is 38.5. The van der Waals surface area contributed by atoms with Gasteiger partial charge in [-0.15, -0.1) is 0 Å². The van der Waals surface area contributed by atoms with E-state index in [2.05, 4.69) is 10.3 Å². The summed E-state index contributed by atoms with van der Waals surface area (Å²) in [5.41, 5.74) is 0.644. The number of aromatic nitrogens is 1. The van der Waals surface area contributed by atoms with E-state index < -0.39 is 10.0 Å². The van der Waals surface area contributed by atoms with Crippen molar-refractivity contribution < 1.29 is 17.3 Å². The Balaban J connectivity index is 1.69. The molecule has 28 heavy (non-hydrogen) atoms. The van der Waals surface area contributed by atoms with E-state index in [1.807, 2.05) is 12.1 Å². The summed E-state index contributed by atoms with van der Waals surface area (Å²) in [6.07, 6.45) is 2.02. The fourth-order valence-electron chi connectivity index (χ4n) is 2.76. The van der Waals surface area contributed by atoms with Gasteiger partial charge >= 0.3 is 0 Å². The van der Waals surface area contributed by atoms with Gasteiger partial charge in [0.1, 0.15) is 16.7 Å². The minimum absolute atomic E-state index is 0.0160. The molecule has 1 N–H and O–H groups in total. The highest BCUT2D eigenvalue weighted by molar-refractivity contribution is 7.92. The van der Waals surface area contributed by atoms with Crippen molar-refractivity contribution in [1.82, 2.24) is 4.98 Å². The second-order valence-electron chi connectivity index (χ2n) is 6.57. The monoisotopic (exact) mass is 398 g/mol. The van der Waals surface area contributed by atoms with Crippen LogP contribution >= 0.6 is 0 Å². The van der Waals surface area contributed by atoms with Gasteiger partial charge in [-0.3, -0.25) is 4.31 Å². The van der Waals surface area contributed by atoms with Crippen LogP contribution in [0.3, 0.4) is 0 Å². The van der Waals surface area contributed by atoms with Gasteiger partial charge in [0.15, 0.2) is 5.76 Å². The second kappa shape index (κ2) is 6.73. The Morgan fingerprint density at radius 3 is 2.61 bits per heavy atom. The molecule has 4 rings (SSSR count). The van der Waals surface area contributed by atoms with Crippen molar-refractivity contribution in [2.75, 3.05) is 16.7 Å². The Hall–Kier alpha value is -3.25. The Bertz CT molecular complexity index is 1150. The minimum atomic E-state index is -3.84. The van der Waals surface area contributed by atoms with Crippen molar-refractivity contribution in [3.63, 3.8) is 0 Å². The van der Waals surface area contributed by atoms with Crippen LogP contribution in [0.5, 0.6) is 0 Å². The molecule has 3 aromatic rings. The molecule has 1 aliphatic rings. The summed E-state index contributed by atoms with van der Waals surface area (Å²) in [7, 11) is -2.36. The minimum Gasteiger partial charge on any atom is -0.455 e. The standard InChI is InChI=1S/C19H18N4O4S/c1-12-17(28(24,25)23(2)14-6-4-3-5-7-14)10-16(26-12)19-22-15(11-20)18(27-19)21-13-8-9-13/h3-7,10,13,21H,8-9H2,1-2H3. The number of anilines is 2. The molecule has 0 amide bonds. The van der Waals surface area contributed by atoms with E-state index in [4.69, 9.17) is 8.83 Å². The molecule has 0 bridgehead atoms. The summed E-state index contributed by atoms with van der Waals surface area (Å²) in [5.74, 6) is 0.704. The molecule has 0 atom stereocenters. The van der Waals surface area contributed by atoms with Crippen molar-refractivity contribution in [2.24, 2.45) is 0 Å². The van der Waals surface area contributed by atoms with Crippen molar-refractivity contribution in [1.29, 1.82) is 5.26 Å². The molecule has 0 spiro atoms. The zero-order valence-corrected chi connectivity index (χ0v) is 16.2. The Labute approximate surface area is 162 Å². The predicted molar refractivity (Wildman–Crippen MR) is 102 cm³/mol. The molecular formula is C19H18N4O4S. The highest BCUT2D eigenvalue weighted by Gasteiger charge is 2.30. The van der Waals surface area contributed by atoms with Crippen LogP contribution in [-0.4, -0.2) is 26.5 Å². The smallest absolute Gasteiger partial charge is 0.267 e. The molecular weight excluding hydrogens is 380 g/mol. The van der Waals surface area contributed by atoms with E-state index in [0.29, 0.717) is 5.69 Å². The van der Waals surface area contributed by atoms with Gasteiger partial charge in [0.25, 0.3) is 15.9 Å². The molecule has 9 heteroatoms. The number of oxazole rings is 1. The summed E-state index contributed by atoms with van der Waals surface area (Å²) in [6.45, 7) is 1.56. The number of nitriles is 1. The third kappa shape index (κ3) is 3.23. The molecule has 2 aromatic heterocycles. The van der Waals surface area contributed by atoms with Crippen LogP contribution in [0.1, 0.15) is 24.3 Å². The van der Waals surface area contributed by atoms with Gasteiger partial charge in [0.2, 0.25) is 11.6 Å². The average Bonchev–Trinajstić information content (AvgIpc) is 3.27. The Morgan fingerprint density at radius 1 is 1.25 bits per heavy atom. The topological polar surface area (TPSA) is 112 Å². The highest BCUT2D eigenvalue weighted by Crippen LogP contribution is 2.34. The van der Waals surface area contributed by atoms with Crippen molar-refractivity contribution in [3.8, 4) is 17.7 Å². The van der Waals surface area contributed by atoms with E-state index in [1.54, 1.807) is 31.2 Å². The van der Waals surface area contributed by atoms with Gasteiger partial charge in [-0.25, -0.2) is 8.42 Å².